The fraction of sp³-hybridized carbons (Fsp3) is 0.190. The monoisotopic (exact) mass is 409 g/mol. The second-order valence-electron chi connectivity index (χ2n) is 6.63. The van der Waals surface area contributed by atoms with Crippen molar-refractivity contribution < 1.29 is 19.1 Å². The number of amides is 1. The number of esters is 1. The van der Waals surface area contributed by atoms with E-state index in [1.165, 1.54) is 26.0 Å². The largest absolute Gasteiger partial charge is 0.451 e. The van der Waals surface area contributed by atoms with Gasteiger partial charge in [0, 0.05) is 11.3 Å². The predicted molar refractivity (Wildman–Crippen MR) is 109 cm³/mol. The zero-order valence-corrected chi connectivity index (χ0v) is 16.3. The Kier molecular flexibility index (Phi) is 5.91. The van der Waals surface area contributed by atoms with Crippen molar-refractivity contribution >= 4 is 34.1 Å². The number of H-pyrrole nitrogens is 1. The second kappa shape index (κ2) is 8.56. The Balaban J connectivity index is 1.66. The number of nitrogens with zero attached hydrogens (tertiary/aromatic N) is 1. The quantitative estimate of drug-likeness (QED) is 0.469. The van der Waals surface area contributed by atoms with Crippen molar-refractivity contribution in [3.63, 3.8) is 0 Å². The number of ketones is 1. The first-order valence-electron chi connectivity index (χ1n) is 9.09. The molecule has 1 atom stereocenters. The van der Waals surface area contributed by atoms with Gasteiger partial charge in [0.2, 0.25) is 0 Å². The van der Waals surface area contributed by atoms with Crippen LogP contribution in [0.15, 0.2) is 58.1 Å². The summed E-state index contributed by atoms with van der Waals surface area (Å²) in [5.74, 6) is -1.55. The molecule has 0 saturated heterocycles. The molecule has 0 bridgehead atoms. The predicted octanol–water partition coefficient (Wildman–Crippen LogP) is 1.46. The van der Waals surface area contributed by atoms with Crippen LogP contribution in [0.1, 0.15) is 24.2 Å². The summed E-state index contributed by atoms with van der Waals surface area (Å²) in [6.45, 7) is 2.26. The number of hydrogen-bond donors (Lipinski definition) is 2. The summed E-state index contributed by atoms with van der Waals surface area (Å²) >= 11 is 0. The Morgan fingerprint density at radius 3 is 2.30 bits per heavy atom. The Labute approximate surface area is 170 Å². The minimum Gasteiger partial charge on any atom is -0.451 e. The number of ether oxygens (including phenoxy) is 1. The number of rotatable bonds is 6. The Morgan fingerprint density at radius 2 is 1.67 bits per heavy atom. The molecule has 0 radical (unpaired) electrons. The maximum atomic E-state index is 12.4. The molecule has 154 valence electrons. The smallest absolute Gasteiger partial charge is 0.328 e. The fourth-order valence-corrected chi connectivity index (χ4v) is 2.81. The number of anilines is 1. The normalized spacial score (nSPS) is 11.7. The lowest BCUT2D eigenvalue weighted by Gasteiger charge is -2.14. The molecule has 3 rings (SSSR count). The molecule has 1 heterocycles. The van der Waals surface area contributed by atoms with Gasteiger partial charge in [-0.3, -0.25) is 29.1 Å². The first-order chi connectivity index (χ1) is 14.3. The zero-order valence-electron chi connectivity index (χ0n) is 16.3. The number of hydrogen-bond acceptors (Lipinski definition) is 6. The molecule has 0 aliphatic heterocycles. The van der Waals surface area contributed by atoms with Crippen molar-refractivity contribution in [1.29, 1.82) is 0 Å². The van der Waals surface area contributed by atoms with Gasteiger partial charge in [-0.1, -0.05) is 12.1 Å². The number of nitrogens with one attached hydrogen (secondary N) is 2. The standard InChI is InChI=1S/C21H19N3O6/c1-12(25)14-7-9-15(10-8-14)22-19(27)13(2)30-18(26)11-24-21(29)17-6-4-3-5-16(17)20(28)23-24/h3-10,13H,11H2,1-2H3,(H,22,27)(H,23,28)/t13-/m0/s1. The highest BCUT2D eigenvalue weighted by Gasteiger charge is 2.19. The van der Waals surface area contributed by atoms with Gasteiger partial charge in [0.05, 0.1) is 10.8 Å². The van der Waals surface area contributed by atoms with Crippen LogP contribution in [-0.4, -0.2) is 33.5 Å². The third-order valence-corrected chi connectivity index (χ3v) is 4.41. The number of benzene rings is 2. The zero-order chi connectivity index (χ0) is 21.8. The number of carbonyl (C=O) groups excluding carboxylic acids is 3. The SMILES string of the molecule is CC(=O)c1ccc(NC(=O)[C@H](C)OC(=O)Cn2[nH]c(=O)c3ccccc3c2=O)cc1. The van der Waals surface area contributed by atoms with Crippen LogP contribution in [0.5, 0.6) is 0 Å². The van der Waals surface area contributed by atoms with Gasteiger partial charge >= 0.3 is 5.97 Å². The summed E-state index contributed by atoms with van der Waals surface area (Å²) < 4.78 is 5.92. The molecule has 9 heteroatoms. The van der Waals surface area contributed by atoms with E-state index in [-0.39, 0.29) is 16.6 Å². The molecule has 1 aromatic heterocycles. The van der Waals surface area contributed by atoms with Crippen LogP contribution in [0.4, 0.5) is 5.69 Å². The average molecular weight is 409 g/mol. The highest BCUT2D eigenvalue weighted by molar-refractivity contribution is 5.97. The second-order valence-corrected chi connectivity index (χ2v) is 6.63. The van der Waals surface area contributed by atoms with E-state index in [2.05, 4.69) is 10.4 Å². The topological polar surface area (TPSA) is 127 Å². The third-order valence-electron chi connectivity index (χ3n) is 4.41. The van der Waals surface area contributed by atoms with Gasteiger partial charge in [-0.2, -0.15) is 0 Å². The molecular weight excluding hydrogens is 390 g/mol. The Hall–Kier alpha value is -4.01. The van der Waals surface area contributed by atoms with E-state index in [1.807, 2.05) is 0 Å². The van der Waals surface area contributed by atoms with Crippen molar-refractivity contribution in [1.82, 2.24) is 9.78 Å². The van der Waals surface area contributed by atoms with Crippen molar-refractivity contribution in [2.24, 2.45) is 0 Å². The number of fused-ring (bicyclic) bond motifs is 1. The number of aromatic amines is 1. The van der Waals surface area contributed by atoms with Gasteiger partial charge in [0.25, 0.3) is 17.0 Å². The van der Waals surface area contributed by atoms with Gasteiger partial charge in [-0.25, -0.2) is 4.68 Å². The molecule has 0 aliphatic carbocycles. The average Bonchev–Trinajstić information content (AvgIpc) is 2.72. The van der Waals surface area contributed by atoms with Crippen molar-refractivity contribution in [3.05, 3.63) is 74.8 Å². The van der Waals surface area contributed by atoms with Crippen LogP contribution in [0.25, 0.3) is 10.8 Å². The summed E-state index contributed by atoms with van der Waals surface area (Å²) in [7, 11) is 0. The number of Topliss-reactive ketones (excluding diaryl/α,β-unsaturated/α-hetero) is 1. The number of carbonyl (C=O) groups is 3. The summed E-state index contributed by atoms with van der Waals surface area (Å²) in [6.07, 6.45) is -1.15. The van der Waals surface area contributed by atoms with E-state index in [0.717, 1.165) is 4.68 Å². The lowest BCUT2D eigenvalue weighted by Crippen LogP contribution is -2.35. The lowest BCUT2D eigenvalue weighted by atomic mass is 10.1. The molecule has 3 aromatic rings. The maximum absolute atomic E-state index is 12.4. The summed E-state index contributed by atoms with van der Waals surface area (Å²) in [5, 5.41) is 5.29. The molecule has 9 nitrogen and oxygen atoms in total. The van der Waals surface area contributed by atoms with Gasteiger partial charge in [0.15, 0.2) is 11.9 Å². The van der Waals surface area contributed by atoms with E-state index in [0.29, 0.717) is 11.3 Å². The van der Waals surface area contributed by atoms with Crippen LogP contribution in [0.2, 0.25) is 0 Å². The third kappa shape index (κ3) is 4.52. The molecule has 0 spiro atoms. The van der Waals surface area contributed by atoms with Crippen molar-refractivity contribution in [3.8, 4) is 0 Å². The fourth-order valence-electron chi connectivity index (χ4n) is 2.81. The summed E-state index contributed by atoms with van der Waals surface area (Å²) in [4.78, 5) is 60.2. The van der Waals surface area contributed by atoms with E-state index in [9.17, 15) is 24.0 Å². The van der Waals surface area contributed by atoms with E-state index in [1.54, 1.807) is 36.4 Å². The summed E-state index contributed by atoms with van der Waals surface area (Å²) in [5.41, 5.74) is -0.132. The van der Waals surface area contributed by atoms with Crippen LogP contribution in [-0.2, 0) is 20.9 Å². The Morgan fingerprint density at radius 1 is 1.03 bits per heavy atom. The molecule has 1 amide bonds. The van der Waals surface area contributed by atoms with Crippen molar-refractivity contribution in [2.45, 2.75) is 26.5 Å². The van der Waals surface area contributed by atoms with Gasteiger partial charge in [0.1, 0.15) is 6.54 Å². The molecule has 2 N–H and O–H groups in total. The van der Waals surface area contributed by atoms with E-state index < -0.39 is 35.6 Å². The van der Waals surface area contributed by atoms with E-state index in [4.69, 9.17) is 4.74 Å². The van der Waals surface area contributed by atoms with Gasteiger partial charge < -0.3 is 10.1 Å². The summed E-state index contributed by atoms with van der Waals surface area (Å²) in [6, 6.07) is 12.5. The van der Waals surface area contributed by atoms with Gasteiger partial charge in [-0.15, -0.1) is 0 Å². The lowest BCUT2D eigenvalue weighted by molar-refractivity contribution is -0.154. The first-order valence-corrected chi connectivity index (χ1v) is 9.09. The molecule has 0 aliphatic rings. The Bertz CT molecular complexity index is 1240. The van der Waals surface area contributed by atoms with Crippen LogP contribution in [0.3, 0.4) is 0 Å². The molecule has 0 unspecified atom stereocenters. The van der Waals surface area contributed by atoms with E-state index >= 15 is 0 Å². The van der Waals surface area contributed by atoms with Crippen LogP contribution in [0, 0.1) is 0 Å². The minimum atomic E-state index is -1.15. The molecule has 2 aromatic carbocycles. The minimum absolute atomic E-state index is 0.0999. The molecule has 30 heavy (non-hydrogen) atoms. The number of aromatic nitrogens is 2. The van der Waals surface area contributed by atoms with Crippen LogP contribution < -0.4 is 16.4 Å². The van der Waals surface area contributed by atoms with Crippen molar-refractivity contribution in [2.75, 3.05) is 5.32 Å². The maximum Gasteiger partial charge on any atom is 0.328 e. The highest BCUT2D eigenvalue weighted by Crippen LogP contribution is 2.11. The first kappa shape index (κ1) is 20.7. The molecule has 0 fully saturated rings. The highest BCUT2D eigenvalue weighted by atomic mass is 16.5. The molecular formula is C21H19N3O6. The van der Waals surface area contributed by atoms with Crippen LogP contribution >= 0.6 is 0 Å². The molecule has 0 saturated carbocycles. The van der Waals surface area contributed by atoms with Gasteiger partial charge in [-0.05, 0) is 50.2 Å².